The Morgan fingerprint density at radius 3 is 2.26 bits per heavy atom. The van der Waals surface area contributed by atoms with Crippen molar-refractivity contribution in [2.45, 2.75) is 11.3 Å². The summed E-state index contributed by atoms with van der Waals surface area (Å²) < 4.78 is 37.3. The Bertz CT molecular complexity index is 755. The van der Waals surface area contributed by atoms with Crippen LogP contribution in [0.1, 0.15) is 5.56 Å². The molecule has 2 rings (SSSR count). The van der Waals surface area contributed by atoms with Crippen molar-refractivity contribution >= 4 is 21.6 Å². The van der Waals surface area contributed by atoms with E-state index in [9.17, 15) is 8.42 Å². The highest BCUT2D eigenvalue weighted by molar-refractivity contribution is 7.89. The van der Waals surface area contributed by atoms with Crippen LogP contribution in [0, 0.1) is 0 Å². The number of ether oxygens (including phenoxy) is 2. The molecule has 0 aliphatic carbocycles. The van der Waals surface area contributed by atoms with Crippen molar-refractivity contribution in [3.63, 3.8) is 0 Å². The quantitative estimate of drug-likeness (QED) is 0.829. The van der Waals surface area contributed by atoms with Crippen LogP contribution in [-0.2, 0) is 16.4 Å². The van der Waals surface area contributed by atoms with E-state index in [1.165, 1.54) is 12.1 Å². The second-order valence-corrected chi connectivity index (χ2v) is 7.03. The van der Waals surface area contributed by atoms with E-state index in [2.05, 4.69) is 4.72 Å². The molecule has 0 atom stereocenters. The summed E-state index contributed by atoms with van der Waals surface area (Å²) in [5, 5.41) is 0.380. The minimum absolute atomic E-state index is 0.147. The molecule has 0 aromatic heterocycles. The van der Waals surface area contributed by atoms with Crippen LogP contribution in [0.5, 0.6) is 11.5 Å². The fraction of sp³-hybridized carbons (Fsp3) is 0.250. The van der Waals surface area contributed by atoms with Crippen molar-refractivity contribution in [2.75, 3.05) is 20.8 Å². The van der Waals surface area contributed by atoms with E-state index in [1.54, 1.807) is 32.4 Å². The highest BCUT2D eigenvalue weighted by atomic mass is 35.5. The predicted octanol–water partition coefficient (Wildman–Crippen LogP) is 2.88. The second kappa shape index (κ2) is 7.68. The van der Waals surface area contributed by atoms with Crippen LogP contribution in [0.25, 0.3) is 0 Å². The second-order valence-electron chi connectivity index (χ2n) is 4.83. The van der Waals surface area contributed by atoms with Gasteiger partial charge in [-0.1, -0.05) is 17.7 Å². The summed E-state index contributed by atoms with van der Waals surface area (Å²) in [6.07, 6.45) is 0.507. The van der Waals surface area contributed by atoms with Gasteiger partial charge in [0.15, 0.2) is 0 Å². The SMILES string of the molecule is COc1cc(CCNS(=O)(=O)c2cccc(Cl)c2)cc(OC)c1. The van der Waals surface area contributed by atoms with E-state index in [0.717, 1.165) is 5.56 Å². The van der Waals surface area contributed by atoms with Gasteiger partial charge in [0.25, 0.3) is 0 Å². The summed E-state index contributed by atoms with van der Waals surface area (Å²) in [5.74, 6) is 1.33. The molecule has 0 saturated heterocycles. The van der Waals surface area contributed by atoms with Crippen molar-refractivity contribution < 1.29 is 17.9 Å². The van der Waals surface area contributed by atoms with Gasteiger partial charge in [0.05, 0.1) is 19.1 Å². The molecule has 7 heteroatoms. The average Bonchev–Trinajstić information content (AvgIpc) is 2.54. The third-order valence-electron chi connectivity index (χ3n) is 3.22. The first kappa shape index (κ1) is 17.6. The van der Waals surface area contributed by atoms with E-state index in [-0.39, 0.29) is 11.4 Å². The fourth-order valence-electron chi connectivity index (χ4n) is 2.06. The summed E-state index contributed by atoms with van der Waals surface area (Å²) in [6, 6.07) is 11.6. The Morgan fingerprint density at radius 2 is 1.70 bits per heavy atom. The third-order valence-corrected chi connectivity index (χ3v) is 4.92. The van der Waals surface area contributed by atoms with Gasteiger partial charge in [-0.15, -0.1) is 0 Å². The monoisotopic (exact) mass is 355 g/mol. The van der Waals surface area contributed by atoms with Crippen LogP contribution in [0.15, 0.2) is 47.4 Å². The van der Waals surface area contributed by atoms with Crippen LogP contribution < -0.4 is 14.2 Å². The van der Waals surface area contributed by atoms with Gasteiger partial charge in [-0.25, -0.2) is 13.1 Å². The zero-order chi connectivity index (χ0) is 16.9. The molecule has 2 aromatic carbocycles. The van der Waals surface area contributed by atoms with Gasteiger partial charge in [-0.05, 0) is 42.3 Å². The maximum Gasteiger partial charge on any atom is 0.240 e. The summed E-state index contributed by atoms with van der Waals surface area (Å²) in [6.45, 7) is 0.255. The summed E-state index contributed by atoms with van der Waals surface area (Å²) >= 11 is 5.83. The summed E-state index contributed by atoms with van der Waals surface area (Å²) in [7, 11) is -0.442. The molecule has 0 aliphatic heterocycles. The highest BCUT2D eigenvalue weighted by Gasteiger charge is 2.13. The van der Waals surface area contributed by atoms with Gasteiger partial charge in [-0.2, -0.15) is 0 Å². The molecule has 0 radical (unpaired) electrons. The molecule has 2 aromatic rings. The van der Waals surface area contributed by atoms with Crippen LogP contribution in [-0.4, -0.2) is 29.2 Å². The summed E-state index contributed by atoms with van der Waals surface area (Å²) in [5.41, 5.74) is 0.912. The van der Waals surface area contributed by atoms with Crippen molar-refractivity contribution in [3.8, 4) is 11.5 Å². The van der Waals surface area contributed by atoms with E-state index < -0.39 is 10.0 Å². The molecule has 0 amide bonds. The lowest BCUT2D eigenvalue weighted by atomic mass is 10.1. The van der Waals surface area contributed by atoms with Crippen LogP contribution in [0.3, 0.4) is 0 Å². The molecule has 124 valence electrons. The minimum atomic E-state index is -3.58. The van der Waals surface area contributed by atoms with Gasteiger partial charge in [0, 0.05) is 17.6 Å². The molecule has 5 nitrogen and oxygen atoms in total. The fourth-order valence-corrected chi connectivity index (χ4v) is 3.39. The molecule has 0 aliphatic rings. The molecule has 1 N–H and O–H groups in total. The molecular weight excluding hydrogens is 338 g/mol. The maximum atomic E-state index is 12.2. The van der Waals surface area contributed by atoms with Crippen LogP contribution in [0.4, 0.5) is 0 Å². The minimum Gasteiger partial charge on any atom is -0.497 e. The number of sulfonamides is 1. The third kappa shape index (κ3) is 4.86. The number of rotatable bonds is 7. The highest BCUT2D eigenvalue weighted by Crippen LogP contribution is 2.22. The molecule has 0 saturated carbocycles. The Labute approximate surface area is 141 Å². The lowest BCUT2D eigenvalue weighted by molar-refractivity contribution is 0.393. The van der Waals surface area contributed by atoms with E-state index in [4.69, 9.17) is 21.1 Å². The first-order valence-electron chi connectivity index (χ1n) is 6.92. The molecule has 0 bridgehead atoms. The Balaban J connectivity index is 2.04. The van der Waals surface area contributed by atoms with Crippen molar-refractivity contribution in [3.05, 3.63) is 53.1 Å². The van der Waals surface area contributed by atoms with Crippen molar-refractivity contribution in [1.29, 1.82) is 0 Å². The lowest BCUT2D eigenvalue weighted by Gasteiger charge is -2.10. The molecule has 23 heavy (non-hydrogen) atoms. The number of halogens is 1. The maximum absolute atomic E-state index is 12.2. The normalized spacial score (nSPS) is 11.3. The Hall–Kier alpha value is -1.76. The van der Waals surface area contributed by atoms with Gasteiger partial charge >= 0.3 is 0 Å². The number of nitrogens with one attached hydrogen (secondary N) is 1. The topological polar surface area (TPSA) is 64.6 Å². The van der Waals surface area contributed by atoms with E-state index in [1.807, 2.05) is 12.1 Å². The number of hydrogen-bond acceptors (Lipinski definition) is 4. The van der Waals surface area contributed by atoms with Gasteiger partial charge in [0.2, 0.25) is 10.0 Å². The molecule has 0 unspecified atom stereocenters. The zero-order valence-corrected chi connectivity index (χ0v) is 14.4. The van der Waals surface area contributed by atoms with Crippen molar-refractivity contribution in [2.24, 2.45) is 0 Å². The molecule has 0 heterocycles. The van der Waals surface area contributed by atoms with E-state index in [0.29, 0.717) is 22.9 Å². The Morgan fingerprint density at radius 1 is 1.04 bits per heavy atom. The van der Waals surface area contributed by atoms with Gasteiger partial charge in [0.1, 0.15) is 11.5 Å². The smallest absolute Gasteiger partial charge is 0.240 e. The van der Waals surface area contributed by atoms with E-state index >= 15 is 0 Å². The standard InChI is InChI=1S/C16H18ClNO4S/c1-21-14-8-12(9-15(11-14)22-2)6-7-18-23(19,20)16-5-3-4-13(17)10-16/h3-5,8-11,18H,6-7H2,1-2H3. The first-order chi connectivity index (χ1) is 10.9. The largest absolute Gasteiger partial charge is 0.497 e. The van der Waals surface area contributed by atoms with Gasteiger partial charge < -0.3 is 9.47 Å². The van der Waals surface area contributed by atoms with Crippen molar-refractivity contribution in [1.82, 2.24) is 4.72 Å². The average molecular weight is 356 g/mol. The number of methoxy groups -OCH3 is 2. The molecular formula is C16H18ClNO4S. The van der Waals surface area contributed by atoms with Gasteiger partial charge in [-0.3, -0.25) is 0 Å². The lowest BCUT2D eigenvalue weighted by Crippen LogP contribution is -2.26. The number of hydrogen-bond donors (Lipinski definition) is 1. The van der Waals surface area contributed by atoms with Crippen LogP contribution >= 0.6 is 11.6 Å². The Kier molecular flexibility index (Phi) is 5.87. The summed E-state index contributed by atoms with van der Waals surface area (Å²) in [4.78, 5) is 0.147. The van der Waals surface area contributed by atoms with Crippen LogP contribution in [0.2, 0.25) is 5.02 Å². The predicted molar refractivity (Wildman–Crippen MR) is 89.9 cm³/mol. The first-order valence-corrected chi connectivity index (χ1v) is 8.78. The number of benzene rings is 2. The molecule has 0 fully saturated rings. The molecule has 0 spiro atoms. The zero-order valence-electron chi connectivity index (χ0n) is 12.9.